The maximum absolute atomic E-state index is 13.9. The smallest absolute Gasteiger partial charge is 0.269 e. The van der Waals surface area contributed by atoms with Gasteiger partial charge in [0.2, 0.25) is 11.8 Å². The van der Waals surface area contributed by atoms with Crippen molar-refractivity contribution in [3.05, 3.63) is 99.6 Å². The Bertz CT molecular complexity index is 1450. The maximum atomic E-state index is 13.9. The molecule has 0 unspecified atom stereocenters. The molecule has 40 heavy (non-hydrogen) atoms. The molecule has 12 heteroatoms. The molecule has 3 aromatic rings. The molecule has 0 radical (unpaired) electrons. The van der Waals surface area contributed by atoms with Crippen molar-refractivity contribution in [2.75, 3.05) is 10.8 Å². The summed E-state index contributed by atoms with van der Waals surface area (Å²) in [7, 11) is -4.28. The van der Waals surface area contributed by atoms with E-state index in [9.17, 15) is 28.1 Å². The number of anilines is 1. The first-order chi connectivity index (χ1) is 18.9. The van der Waals surface area contributed by atoms with Crippen LogP contribution in [-0.4, -0.2) is 48.7 Å². The third kappa shape index (κ3) is 7.36. The minimum Gasteiger partial charge on any atom is -0.352 e. The van der Waals surface area contributed by atoms with E-state index in [4.69, 9.17) is 11.6 Å². The summed E-state index contributed by atoms with van der Waals surface area (Å²) in [4.78, 5) is 38.7. The lowest BCUT2D eigenvalue weighted by molar-refractivity contribution is -0.384. The monoisotopic (exact) mass is 586 g/mol. The number of nitro groups is 1. The molecule has 0 spiro atoms. The van der Waals surface area contributed by atoms with Crippen LogP contribution in [0, 0.1) is 10.1 Å². The molecule has 0 aliphatic rings. The quantitative estimate of drug-likeness (QED) is 0.240. The molecule has 3 aromatic carbocycles. The van der Waals surface area contributed by atoms with Crippen LogP contribution in [-0.2, 0) is 26.2 Å². The minimum absolute atomic E-state index is 0.0485. The number of nitrogens with one attached hydrogen (secondary N) is 1. The highest BCUT2D eigenvalue weighted by atomic mass is 35.5. The van der Waals surface area contributed by atoms with Gasteiger partial charge < -0.3 is 10.2 Å². The van der Waals surface area contributed by atoms with E-state index in [1.165, 1.54) is 29.2 Å². The van der Waals surface area contributed by atoms with Crippen LogP contribution in [0.25, 0.3) is 0 Å². The van der Waals surface area contributed by atoms with E-state index >= 15 is 0 Å². The van der Waals surface area contributed by atoms with Gasteiger partial charge in [-0.2, -0.15) is 0 Å². The molecule has 0 heterocycles. The number of rotatable bonds is 12. The third-order valence-electron chi connectivity index (χ3n) is 6.43. The average Bonchev–Trinajstić information content (AvgIpc) is 2.95. The van der Waals surface area contributed by atoms with Crippen molar-refractivity contribution in [2.24, 2.45) is 0 Å². The van der Waals surface area contributed by atoms with Gasteiger partial charge in [0.15, 0.2) is 0 Å². The van der Waals surface area contributed by atoms with E-state index in [1.807, 2.05) is 13.8 Å². The highest BCUT2D eigenvalue weighted by molar-refractivity contribution is 7.92. The lowest BCUT2D eigenvalue weighted by Gasteiger charge is -2.32. The lowest BCUT2D eigenvalue weighted by atomic mass is 10.1. The molecule has 0 aromatic heterocycles. The Labute approximate surface area is 238 Å². The summed E-state index contributed by atoms with van der Waals surface area (Å²) >= 11 is 6.36. The van der Waals surface area contributed by atoms with E-state index < -0.39 is 39.3 Å². The number of carbonyl (C=O) groups is 2. The van der Waals surface area contributed by atoms with E-state index in [-0.39, 0.29) is 28.9 Å². The number of non-ortho nitro benzene ring substituents is 1. The fraction of sp³-hybridized carbons (Fsp3) is 0.286. The van der Waals surface area contributed by atoms with Crippen LogP contribution in [0.1, 0.15) is 32.8 Å². The Balaban J connectivity index is 2.04. The number of hydrogen-bond donors (Lipinski definition) is 1. The van der Waals surface area contributed by atoms with Crippen molar-refractivity contribution in [3.8, 4) is 0 Å². The topological polar surface area (TPSA) is 130 Å². The first-order valence-corrected chi connectivity index (χ1v) is 14.4. The van der Waals surface area contributed by atoms with Gasteiger partial charge in [0.25, 0.3) is 15.7 Å². The highest BCUT2D eigenvalue weighted by Gasteiger charge is 2.33. The van der Waals surface area contributed by atoms with Crippen molar-refractivity contribution >= 4 is 44.8 Å². The largest absolute Gasteiger partial charge is 0.352 e. The summed E-state index contributed by atoms with van der Waals surface area (Å²) in [5.74, 6) is -1.06. The molecule has 2 amide bonds. The van der Waals surface area contributed by atoms with Crippen LogP contribution < -0.4 is 9.62 Å². The second kappa shape index (κ2) is 13.4. The van der Waals surface area contributed by atoms with Crippen LogP contribution in [0.2, 0.25) is 5.02 Å². The van der Waals surface area contributed by atoms with Gasteiger partial charge in [-0.25, -0.2) is 8.42 Å². The fourth-order valence-corrected chi connectivity index (χ4v) is 5.48. The minimum atomic E-state index is -4.28. The number of sulfonamides is 1. The Morgan fingerprint density at radius 2 is 1.57 bits per heavy atom. The van der Waals surface area contributed by atoms with E-state index in [2.05, 4.69) is 5.32 Å². The molecule has 0 saturated carbocycles. The summed E-state index contributed by atoms with van der Waals surface area (Å²) in [6, 6.07) is 18.2. The first-order valence-electron chi connectivity index (χ1n) is 12.6. The van der Waals surface area contributed by atoms with Crippen LogP contribution in [0.3, 0.4) is 0 Å². The van der Waals surface area contributed by atoms with Gasteiger partial charge in [0.1, 0.15) is 12.6 Å². The van der Waals surface area contributed by atoms with Gasteiger partial charge >= 0.3 is 0 Å². The zero-order valence-electron chi connectivity index (χ0n) is 22.4. The molecule has 1 N–H and O–H groups in total. The summed E-state index contributed by atoms with van der Waals surface area (Å²) < 4.78 is 28.3. The molecule has 0 saturated heterocycles. The Kier molecular flexibility index (Phi) is 10.2. The Morgan fingerprint density at radius 1 is 0.975 bits per heavy atom. The van der Waals surface area contributed by atoms with Crippen molar-refractivity contribution < 1.29 is 22.9 Å². The zero-order chi connectivity index (χ0) is 29.4. The van der Waals surface area contributed by atoms with Gasteiger partial charge in [-0.15, -0.1) is 0 Å². The first kappa shape index (κ1) is 30.6. The molecule has 2 atom stereocenters. The molecule has 0 aliphatic heterocycles. The van der Waals surface area contributed by atoms with Gasteiger partial charge in [0.05, 0.1) is 15.5 Å². The van der Waals surface area contributed by atoms with Gasteiger partial charge in [-0.1, -0.05) is 54.9 Å². The standard InChI is InChI=1S/C28H31ClN4O6S/c1-4-20(2)30-28(35)21(3)31(18-22-10-8-9-13-26(22)29)27(34)19-32(23-14-16-24(17-15-23)33(36)37)40(38,39)25-11-6-5-7-12-25/h5-17,20-21H,4,18-19H2,1-3H3,(H,30,35)/t20-,21+/m0/s1. The SMILES string of the molecule is CC[C@H](C)NC(=O)[C@@H](C)N(Cc1ccccc1Cl)C(=O)CN(c1ccc([N+](=O)[O-])cc1)S(=O)(=O)c1ccccc1. The molecule has 212 valence electrons. The second-order valence-electron chi connectivity index (χ2n) is 9.21. The lowest BCUT2D eigenvalue weighted by Crippen LogP contribution is -2.52. The second-order valence-corrected chi connectivity index (χ2v) is 11.5. The van der Waals surface area contributed by atoms with Crippen molar-refractivity contribution in [3.63, 3.8) is 0 Å². The highest BCUT2D eigenvalue weighted by Crippen LogP contribution is 2.27. The predicted octanol–water partition coefficient (Wildman–Crippen LogP) is 4.78. The van der Waals surface area contributed by atoms with E-state index in [0.29, 0.717) is 17.0 Å². The van der Waals surface area contributed by atoms with Gasteiger partial charge in [-0.05, 0) is 56.2 Å². The van der Waals surface area contributed by atoms with Crippen LogP contribution in [0.5, 0.6) is 0 Å². The molecular formula is C28H31ClN4O6S. The molecular weight excluding hydrogens is 556 g/mol. The normalized spacial score (nSPS) is 12.7. The molecule has 3 rings (SSSR count). The van der Waals surface area contributed by atoms with Crippen LogP contribution in [0.15, 0.2) is 83.8 Å². The maximum Gasteiger partial charge on any atom is 0.269 e. The third-order valence-corrected chi connectivity index (χ3v) is 8.58. The summed E-state index contributed by atoms with van der Waals surface area (Å²) in [6.45, 7) is 4.61. The summed E-state index contributed by atoms with van der Waals surface area (Å²) in [5.41, 5.74) is 0.397. The average molecular weight is 587 g/mol. The summed E-state index contributed by atoms with van der Waals surface area (Å²) in [6.07, 6.45) is 0.681. The number of halogens is 1. The number of amides is 2. The molecule has 0 bridgehead atoms. The Morgan fingerprint density at radius 3 is 2.15 bits per heavy atom. The van der Waals surface area contributed by atoms with Crippen molar-refractivity contribution in [1.29, 1.82) is 0 Å². The van der Waals surface area contributed by atoms with Crippen LogP contribution >= 0.6 is 11.6 Å². The number of hydrogen-bond acceptors (Lipinski definition) is 6. The Hall–Kier alpha value is -3.96. The van der Waals surface area contributed by atoms with Gasteiger partial charge in [0, 0.05) is 29.7 Å². The molecule has 0 fully saturated rings. The number of benzene rings is 3. The molecule has 0 aliphatic carbocycles. The van der Waals surface area contributed by atoms with Crippen molar-refractivity contribution in [1.82, 2.24) is 10.2 Å². The number of carbonyl (C=O) groups excluding carboxylic acids is 2. The van der Waals surface area contributed by atoms with E-state index in [0.717, 1.165) is 16.4 Å². The number of nitro benzene ring substituents is 1. The fourth-order valence-electron chi connectivity index (χ4n) is 3.85. The molecule has 10 nitrogen and oxygen atoms in total. The summed E-state index contributed by atoms with van der Waals surface area (Å²) in [5, 5.41) is 14.4. The van der Waals surface area contributed by atoms with Gasteiger partial charge in [-0.3, -0.25) is 24.0 Å². The zero-order valence-corrected chi connectivity index (χ0v) is 23.9. The predicted molar refractivity (Wildman–Crippen MR) is 153 cm³/mol. The van der Waals surface area contributed by atoms with Crippen molar-refractivity contribution in [2.45, 2.75) is 50.7 Å². The van der Waals surface area contributed by atoms with Crippen LogP contribution in [0.4, 0.5) is 11.4 Å². The number of nitrogens with zero attached hydrogens (tertiary/aromatic N) is 3. The van der Waals surface area contributed by atoms with E-state index in [1.54, 1.807) is 49.4 Å².